The van der Waals surface area contributed by atoms with E-state index in [-0.39, 0.29) is 5.50 Å². The van der Waals surface area contributed by atoms with Gasteiger partial charge in [-0.2, -0.15) is 0 Å². The second-order valence-corrected chi connectivity index (χ2v) is 1.56. The molecule has 0 heterocycles. The van der Waals surface area contributed by atoms with Gasteiger partial charge in [0.2, 0.25) is 0 Å². The van der Waals surface area contributed by atoms with E-state index in [9.17, 15) is 0 Å². The maximum absolute atomic E-state index is 5.28. The lowest BCUT2D eigenvalue weighted by molar-refractivity contribution is 0.835. The van der Waals surface area contributed by atoms with Crippen molar-refractivity contribution in [2.24, 2.45) is 5.73 Å². The first-order chi connectivity index (χ1) is 2.81. The predicted molar refractivity (Wildman–Crippen MR) is 27.7 cm³/mol. The molecule has 38 valence electrons. The Balaban J connectivity index is 2.75. The molecule has 0 rings (SSSR count). The van der Waals surface area contributed by atoms with Crippen LogP contribution in [0.25, 0.3) is 0 Å². The van der Waals surface area contributed by atoms with Gasteiger partial charge >= 0.3 is 0 Å². The number of rotatable bonds is 2. The molecule has 2 nitrogen and oxygen atoms in total. The number of alkyl halides is 1. The maximum Gasteiger partial charge on any atom is 0.108 e. The fraction of sp³-hybridized carbons (Fsp3) is 1.00. The van der Waals surface area contributed by atoms with Crippen molar-refractivity contribution in [3.63, 3.8) is 0 Å². The van der Waals surface area contributed by atoms with Crippen molar-refractivity contribution in [1.29, 1.82) is 0 Å². The largest absolute Gasteiger partial charge is 0.328 e. The van der Waals surface area contributed by atoms with Crippen molar-refractivity contribution in [3.05, 3.63) is 0 Å². The quantitative estimate of drug-likeness (QED) is 0.318. The van der Waals surface area contributed by atoms with Crippen molar-refractivity contribution < 1.29 is 0 Å². The van der Waals surface area contributed by atoms with Gasteiger partial charge in [-0.25, -0.2) is 4.84 Å². The van der Waals surface area contributed by atoms with Gasteiger partial charge in [-0.05, 0) is 11.8 Å². The van der Waals surface area contributed by atoms with Crippen LogP contribution in [-0.4, -0.2) is 12.0 Å². The van der Waals surface area contributed by atoms with Crippen LogP contribution >= 0.6 is 23.4 Å². The molecule has 0 aliphatic rings. The average molecular weight is 129 g/mol. The second kappa shape index (κ2) is 3.68. The number of nitrogens with two attached hydrogens (primary N) is 1. The summed E-state index contributed by atoms with van der Waals surface area (Å²) < 4.78 is 0. The van der Waals surface area contributed by atoms with Gasteiger partial charge in [-0.3, -0.25) is 0 Å². The Hall–Kier alpha value is 0.500. The fourth-order valence-corrected chi connectivity index (χ4v) is 0.134. The molecular formula is C2H6Cl2N2. The summed E-state index contributed by atoms with van der Waals surface area (Å²) in [5, 5.41) is 0. The standard InChI is InChI=1S/C2H6Cl2N2/c3-2(1-5)6-4/h2,6H,1,5H2. The van der Waals surface area contributed by atoms with Crippen LogP contribution in [0, 0.1) is 0 Å². The average Bonchev–Trinajstić information content (AvgIpc) is 1.65. The molecule has 0 saturated carbocycles. The van der Waals surface area contributed by atoms with Crippen LogP contribution in [-0.2, 0) is 0 Å². The third-order valence-corrected chi connectivity index (χ3v) is 0.988. The van der Waals surface area contributed by atoms with Crippen molar-refractivity contribution in [2.75, 3.05) is 6.54 Å². The summed E-state index contributed by atoms with van der Waals surface area (Å²) in [5.74, 6) is 0. The summed E-state index contributed by atoms with van der Waals surface area (Å²) in [6.45, 7) is 0.352. The lowest BCUT2D eigenvalue weighted by Crippen LogP contribution is -2.23. The Morgan fingerprint density at radius 2 is 2.33 bits per heavy atom. The maximum atomic E-state index is 5.28. The van der Waals surface area contributed by atoms with Crippen LogP contribution in [0.2, 0.25) is 0 Å². The fourth-order valence-electron chi connectivity index (χ4n) is 0.0445. The molecule has 0 aromatic carbocycles. The van der Waals surface area contributed by atoms with E-state index in [0.717, 1.165) is 0 Å². The van der Waals surface area contributed by atoms with E-state index in [1.54, 1.807) is 0 Å². The summed E-state index contributed by atoms with van der Waals surface area (Å²) in [6, 6.07) is 0. The van der Waals surface area contributed by atoms with Crippen molar-refractivity contribution in [3.8, 4) is 0 Å². The molecule has 0 aliphatic carbocycles. The van der Waals surface area contributed by atoms with E-state index in [2.05, 4.69) is 4.84 Å². The Kier molecular flexibility index (Phi) is 3.99. The number of nitrogens with one attached hydrogen (secondary N) is 1. The summed E-state index contributed by atoms with van der Waals surface area (Å²) in [4.78, 5) is 2.23. The summed E-state index contributed by atoms with van der Waals surface area (Å²) in [7, 11) is 0. The normalized spacial score (nSPS) is 14.5. The molecule has 1 atom stereocenters. The van der Waals surface area contributed by atoms with Gasteiger partial charge in [0.15, 0.2) is 0 Å². The van der Waals surface area contributed by atoms with Crippen LogP contribution < -0.4 is 10.6 Å². The molecule has 0 saturated heterocycles. The van der Waals surface area contributed by atoms with Crippen molar-refractivity contribution in [2.45, 2.75) is 5.50 Å². The van der Waals surface area contributed by atoms with Gasteiger partial charge in [-0.1, -0.05) is 0 Å². The molecular weight excluding hydrogens is 123 g/mol. The zero-order valence-corrected chi connectivity index (χ0v) is 4.63. The molecule has 0 radical (unpaired) electrons. The van der Waals surface area contributed by atoms with Gasteiger partial charge in [0.1, 0.15) is 5.50 Å². The van der Waals surface area contributed by atoms with Gasteiger partial charge < -0.3 is 5.73 Å². The highest BCUT2D eigenvalue weighted by molar-refractivity contribution is 6.25. The molecule has 4 heteroatoms. The Morgan fingerprint density at radius 3 is 2.33 bits per heavy atom. The molecule has 3 N–H and O–H groups in total. The Morgan fingerprint density at radius 1 is 1.83 bits per heavy atom. The molecule has 6 heavy (non-hydrogen) atoms. The third kappa shape index (κ3) is 2.72. The van der Waals surface area contributed by atoms with Gasteiger partial charge in [0, 0.05) is 6.54 Å². The molecule has 0 bridgehead atoms. The predicted octanol–water partition coefficient (Wildman–Crippen LogP) is 0.253. The Labute approximate surface area is 46.7 Å². The minimum Gasteiger partial charge on any atom is -0.328 e. The van der Waals surface area contributed by atoms with E-state index < -0.39 is 0 Å². The smallest absolute Gasteiger partial charge is 0.108 e. The first kappa shape index (κ1) is 6.50. The molecule has 0 aliphatic heterocycles. The number of hydrogen-bond acceptors (Lipinski definition) is 2. The van der Waals surface area contributed by atoms with Crippen molar-refractivity contribution in [1.82, 2.24) is 4.84 Å². The van der Waals surface area contributed by atoms with Crippen LogP contribution in [0.5, 0.6) is 0 Å². The third-order valence-electron chi connectivity index (χ3n) is 0.325. The molecule has 0 fully saturated rings. The van der Waals surface area contributed by atoms with Crippen LogP contribution in [0.15, 0.2) is 0 Å². The molecule has 0 aromatic heterocycles. The first-order valence-electron chi connectivity index (χ1n) is 1.51. The van der Waals surface area contributed by atoms with Crippen LogP contribution in [0.3, 0.4) is 0 Å². The zero-order valence-electron chi connectivity index (χ0n) is 3.12. The minimum atomic E-state index is -0.299. The van der Waals surface area contributed by atoms with Crippen LogP contribution in [0.4, 0.5) is 0 Å². The zero-order chi connectivity index (χ0) is 4.99. The molecule has 0 spiro atoms. The Bertz CT molecular complexity index is 28.7. The molecule has 0 amide bonds. The number of halogens is 2. The molecule has 1 unspecified atom stereocenters. The van der Waals surface area contributed by atoms with E-state index >= 15 is 0 Å². The first-order valence-corrected chi connectivity index (χ1v) is 2.33. The highest BCUT2D eigenvalue weighted by Gasteiger charge is 1.92. The van der Waals surface area contributed by atoms with E-state index in [1.807, 2.05) is 0 Å². The summed E-state index contributed by atoms with van der Waals surface area (Å²) in [5.41, 5.74) is 4.70. The van der Waals surface area contributed by atoms with Gasteiger partial charge in [0.25, 0.3) is 0 Å². The van der Waals surface area contributed by atoms with Gasteiger partial charge in [-0.15, -0.1) is 11.6 Å². The molecule has 0 aromatic rings. The van der Waals surface area contributed by atoms with Crippen LogP contribution in [0.1, 0.15) is 0 Å². The number of hydrogen-bond donors (Lipinski definition) is 2. The lowest BCUT2D eigenvalue weighted by atomic mass is 10.7. The van der Waals surface area contributed by atoms with E-state index in [0.29, 0.717) is 6.54 Å². The highest BCUT2D eigenvalue weighted by atomic mass is 35.5. The monoisotopic (exact) mass is 128 g/mol. The SMILES string of the molecule is NCC(Cl)NCl. The van der Waals surface area contributed by atoms with E-state index in [4.69, 9.17) is 29.1 Å². The summed E-state index contributed by atoms with van der Waals surface area (Å²) >= 11 is 10.3. The van der Waals surface area contributed by atoms with E-state index in [1.165, 1.54) is 0 Å². The highest BCUT2D eigenvalue weighted by Crippen LogP contribution is 1.85. The second-order valence-electron chi connectivity index (χ2n) is 0.812. The lowest BCUT2D eigenvalue weighted by Gasteiger charge is -1.96. The van der Waals surface area contributed by atoms with Gasteiger partial charge in [0.05, 0.1) is 0 Å². The summed E-state index contributed by atoms with van der Waals surface area (Å²) in [6.07, 6.45) is 0. The van der Waals surface area contributed by atoms with Crippen molar-refractivity contribution >= 4 is 23.4 Å². The minimum absolute atomic E-state index is 0.299. The topological polar surface area (TPSA) is 38.0 Å².